The van der Waals surface area contributed by atoms with Gasteiger partial charge in [0.25, 0.3) is 0 Å². The lowest BCUT2D eigenvalue weighted by molar-refractivity contribution is 0.0601. The van der Waals surface area contributed by atoms with Gasteiger partial charge in [-0.1, -0.05) is 12.1 Å². The van der Waals surface area contributed by atoms with Crippen molar-refractivity contribution in [1.82, 2.24) is 0 Å². The number of hydrogen-bond donors (Lipinski definition) is 1. The molecule has 1 aromatic carbocycles. The van der Waals surface area contributed by atoms with Crippen molar-refractivity contribution in [1.29, 1.82) is 0 Å². The van der Waals surface area contributed by atoms with Crippen LogP contribution in [0.25, 0.3) is 0 Å². The van der Waals surface area contributed by atoms with Crippen LogP contribution in [-0.2, 0) is 9.47 Å². The quantitative estimate of drug-likeness (QED) is 0.584. The zero-order chi connectivity index (χ0) is 10.4. The molecule has 0 atom stereocenters. The molecule has 0 aliphatic carbocycles. The summed E-state index contributed by atoms with van der Waals surface area (Å²) in [6.07, 6.45) is 0. The minimum atomic E-state index is -0.357. The summed E-state index contributed by atoms with van der Waals surface area (Å²) in [5.74, 6) is -0.357. The summed E-state index contributed by atoms with van der Waals surface area (Å²) in [5.41, 5.74) is 1.22. The van der Waals surface area contributed by atoms with Crippen molar-refractivity contribution < 1.29 is 14.3 Å². The van der Waals surface area contributed by atoms with Crippen molar-refractivity contribution in [2.45, 2.75) is 0 Å². The summed E-state index contributed by atoms with van der Waals surface area (Å²) >= 11 is 0. The molecular formula is C10H13NO3. The lowest BCUT2D eigenvalue weighted by Gasteiger charge is -2.09. The molecular weight excluding hydrogens is 182 g/mol. The smallest absolute Gasteiger partial charge is 0.339 e. The molecule has 76 valence electrons. The van der Waals surface area contributed by atoms with Crippen LogP contribution >= 0.6 is 0 Å². The number of ether oxygens (including phenoxy) is 2. The molecule has 0 aliphatic heterocycles. The summed E-state index contributed by atoms with van der Waals surface area (Å²) < 4.78 is 9.49. The maximum atomic E-state index is 11.3. The van der Waals surface area contributed by atoms with Gasteiger partial charge in [0.15, 0.2) is 0 Å². The van der Waals surface area contributed by atoms with Crippen molar-refractivity contribution >= 4 is 11.7 Å². The average Bonchev–Trinajstić information content (AvgIpc) is 2.25. The Labute approximate surface area is 82.8 Å². The minimum absolute atomic E-state index is 0.355. The van der Waals surface area contributed by atoms with E-state index in [-0.39, 0.29) is 5.97 Å². The molecule has 14 heavy (non-hydrogen) atoms. The Bertz CT molecular complexity index is 312. The van der Waals surface area contributed by atoms with Crippen LogP contribution in [0.15, 0.2) is 24.3 Å². The van der Waals surface area contributed by atoms with E-state index in [1.54, 1.807) is 25.3 Å². The first kappa shape index (κ1) is 10.5. The normalized spacial score (nSPS) is 9.57. The van der Waals surface area contributed by atoms with Gasteiger partial charge < -0.3 is 14.8 Å². The van der Waals surface area contributed by atoms with E-state index in [0.29, 0.717) is 18.0 Å². The summed E-state index contributed by atoms with van der Waals surface area (Å²) in [5, 5.41) is 2.96. The predicted molar refractivity (Wildman–Crippen MR) is 53.3 cm³/mol. The number of carbonyl (C=O) groups is 1. The number of anilines is 1. The van der Waals surface area contributed by atoms with Crippen molar-refractivity contribution in [2.75, 3.05) is 26.3 Å². The predicted octanol–water partition coefficient (Wildman–Crippen LogP) is 1.49. The third-order valence-electron chi connectivity index (χ3n) is 1.74. The second-order valence-corrected chi connectivity index (χ2v) is 2.65. The maximum absolute atomic E-state index is 11.3. The van der Waals surface area contributed by atoms with Crippen LogP contribution in [0.2, 0.25) is 0 Å². The van der Waals surface area contributed by atoms with Crippen LogP contribution in [0.4, 0.5) is 5.69 Å². The fourth-order valence-corrected chi connectivity index (χ4v) is 1.08. The van der Waals surface area contributed by atoms with Gasteiger partial charge in [0.05, 0.1) is 18.4 Å². The Morgan fingerprint density at radius 2 is 2.07 bits per heavy atom. The Morgan fingerprint density at radius 1 is 1.36 bits per heavy atom. The van der Waals surface area contributed by atoms with Gasteiger partial charge in [0.2, 0.25) is 0 Å². The molecule has 4 heteroatoms. The summed E-state index contributed by atoms with van der Waals surface area (Å²) in [6, 6.07) is 7.11. The van der Waals surface area contributed by atoms with Crippen LogP contribution < -0.4 is 5.32 Å². The van der Waals surface area contributed by atoms with E-state index in [9.17, 15) is 4.79 Å². The van der Waals surface area contributed by atoms with Crippen molar-refractivity contribution in [3.8, 4) is 0 Å². The number of para-hydroxylation sites is 1. The molecule has 0 fully saturated rings. The number of nitrogens with one attached hydrogen (secondary N) is 1. The first-order valence-electron chi connectivity index (χ1n) is 4.19. The zero-order valence-corrected chi connectivity index (χ0v) is 8.24. The Kier molecular flexibility index (Phi) is 3.94. The van der Waals surface area contributed by atoms with Crippen LogP contribution in [0.1, 0.15) is 10.4 Å². The molecule has 0 heterocycles. The Balaban J connectivity index is 2.85. The second kappa shape index (κ2) is 5.24. The number of hydrogen-bond acceptors (Lipinski definition) is 4. The number of esters is 1. The van der Waals surface area contributed by atoms with Gasteiger partial charge in [0, 0.05) is 7.11 Å². The van der Waals surface area contributed by atoms with Gasteiger partial charge in [-0.15, -0.1) is 0 Å². The highest BCUT2D eigenvalue weighted by Gasteiger charge is 2.09. The van der Waals surface area contributed by atoms with Crippen LogP contribution in [-0.4, -0.2) is 26.9 Å². The number of carbonyl (C=O) groups excluding carboxylic acids is 1. The number of benzene rings is 1. The van der Waals surface area contributed by atoms with E-state index in [2.05, 4.69) is 10.1 Å². The molecule has 0 unspecified atom stereocenters. The van der Waals surface area contributed by atoms with E-state index in [0.717, 1.165) is 0 Å². The lowest BCUT2D eigenvalue weighted by atomic mass is 10.2. The molecule has 0 saturated carbocycles. The molecule has 0 spiro atoms. The summed E-state index contributed by atoms with van der Waals surface area (Å²) in [4.78, 5) is 11.3. The molecule has 0 radical (unpaired) electrons. The summed E-state index contributed by atoms with van der Waals surface area (Å²) in [6.45, 7) is 0.355. The minimum Gasteiger partial charge on any atom is -0.465 e. The van der Waals surface area contributed by atoms with Gasteiger partial charge in [-0.2, -0.15) is 0 Å². The Hall–Kier alpha value is -1.55. The van der Waals surface area contributed by atoms with E-state index in [1.165, 1.54) is 7.11 Å². The molecule has 0 saturated heterocycles. The van der Waals surface area contributed by atoms with E-state index in [1.807, 2.05) is 6.07 Å². The van der Waals surface area contributed by atoms with Crippen molar-refractivity contribution in [3.05, 3.63) is 29.8 Å². The molecule has 1 aromatic rings. The maximum Gasteiger partial charge on any atom is 0.339 e. The average molecular weight is 195 g/mol. The molecule has 1 rings (SSSR count). The standard InChI is InChI=1S/C10H13NO3/c1-13-7-11-9-6-4-3-5-8(9)10(12)14-2/h3-6,11H,7H2,1-2H3. The zero-order valence-electron chi connectivity index (χ0n) is 8.24. The van der Waals surface area contributed by atoms with E-state index >= 15 is 0 Å². The fourth-order valence-electron chi connectivity index (χ4n) is 1.08. The molecule has 0 bridgehead atoms. The summed E-state index contributed by atoms with van der Waals surface area (Å²) in [7, 11) is 2.93. The highest BCUT2D eigenvalue weighted by Crippen LogP contribution is 2.15. The molecule has 0 aliphatic rings. The topological polar surface area (TPSA) is 47.6 Å². The number of rotatable bonds is 4. The molecule has 4 nitrogen and oxygen atoms in total. The third kappa shape index (κ3) is 2.47. The lowest BCUT2D eigenvalue weighted by Crippen LogP contribution is -2.09. The first-order valence-corrected chi connectivity index (χ1v) is 4.19. The fraction of sp³-hybridized carbons (Fsp3) is 0.300. The van der Waals surface area contributed by atoms with Crippen LogP contribution in [0.5, 0.6) is 0 Å². The number of methoxy groups -OCH3 is 2. The second-order valence-electron chi connectivity index (χ2n) is 2.65. The van der Waals surface area contributed by atoms with E-state index < -0.39 is 0 Å². The van der Waals surface area contributed by atoms with Crippen molar-refractivity contribution in [3.63, 3.8) is 0 Å². The third-order valence-corrected chi connectivity index (χ3v) is 1.74. The van der Waals surface area contributed by atoms with Crippen LogP contribution in [0.3, 0.4) is 0 Å². The molecule has 0 amide bonds. The largest absolute Gasteiger partial charge is 0.465 e. The molecule has 1 N–H and O–H groups in total. The molecule has 0 aromatic heterocycles. The SMILES string of the molecule is COCNc1ccccc1C(=O)OC. The van der Waals surface area contributed by atoms with Gasteiger partial charge in [-0.05, 0) is 12.1 Å². The highest BCUT2D eigenvalue weighted by atomic mass is 16.5. The van der Waals surface area contributed by atoms with Crippen molar-refractivity contribution in [2.24, 2.45) is 0 Å². The van der Waals surface area contributed by atoms with E-state index in [4.69, 9.17) is 4.74 Å². The van der Waals surface area contributed by atoms with Gasteiger partial charge in [-0.25, -0.2) is 4.79 Å². The van der Waals surface area contributed by atoms with Crippen LogP contribution in [0, 0.1) is 0 Å². The first-order chi connectivity index (χ1) is 6.79. The highest BCUT2D eigenvalue weighted by molar-refractivity contribution is 5.95. The van der Waals surface area contributed by atoms with Gasteiger partial charge in [0.1, 0.15) is 6.73 Å². The van der Waals surface area contributed by atoms with Gasteiger partial charge in [-0.3, -0.25) is 0 Å². The van der Waals surface area contributed by atoms with Gasteiger partial charge >= 0.3 is 5.97 Å². The Morgan fingerprint density at radius 3 is 2.71 bits per heavy atom. The monoisotopic (exact) mass is 195 g/mol.